The Bertz CT molecular complexity index is 772. The van der Waals surface area contributed by atoms with Crippen molar-refractivity contribution in [3.63, 3.8) is 0 Å². The van der Waals surface area contributed by atoms with E-state index < -0.39 is 5.82 Å². The highest BCUT2D eigenvalue weighted by atomic mass is 32.2. The number of aromatic nitrogens is 4. The smallest absolute Gasteiger partial charge is 0.267 e. The number of nitrogens with zero attached hydrogens (tertiary/aromatic N) is 5. The topological polar surface area (TPSA) is 63.9 Å². The lowest BCUT2D eigenvalue weighted by Crippen LogP contribution is -2.50. The van der Waals surface area contributed by atoms with Gasteiger partial charge in [-0.25, -0.2) is 19.0 Å². The fraction of sp³-hybridized carbons (Fsp3) is 0.467. The van der Waals surface area contributed by atoms with E-state index in [1.165, 1.54) is 12.4 Å². The molecule has 4 rings (SSSR count). The standard InChI is InChI=1S/C15H16FN5OS/c16-12-4-17-15(18-5-12)20-6-10(7-20)8-21-14(22)3-11-9-23-2-1-13(11)19-21/h3-5,10H,1-2,6-9H2. The fourth-order valence-electron chi connectivity index (χ4n) is 2.95. The number of hydrogen-bond donors (Lipinski definition) is 0. The zero-order chi connectivity index (χ0) is 15.8. The van der Waals surface area contributed by atoms with E-state index in [4.69, 9.17) is 0 Å². The molecule has 0 atom stereocenters. The normalized spacial score (nSPS) is 17.7. The predicted octanol–water partition coefficient (Wildman–Crippen LogP) is 1.10. The average molecular weight is 333 g/mol. The quantitative estimate of drug-likeness (QED) is 0.838. The monoisotopic (exact) mass is 333 g/mol. The van der Waals surface area contributed by atoms with Gasteiger partial charge >= 0.3 is 0 Å². The molecule has 23 heavy (non-hydrogen) atoms. The first-order valence-corrected chi connectivity index (χ1v) is 8.74. The van der Waals surface area contributed by atoms with Crippen LogP contribution in [0.1, 0.15) is 11.3 Å². The van der Waals surface area contributed by atoms with E-state index in [0.29, 0.717) is 18.4 Å². The number of halogens is 1. The zero-order valence-corrected chi connectivity index (χ0v) is 13.3. The van der Waals surface area contributed by atoms with Crippen molar-refractivity contribution in [1.29, 1.82) is 0 Å². The summed E-state index contributed by atoms with van der Waals surface area (Å²) in [5.41, 5.74) is 2.11. The average Bonchev–Trinajstić information content (AvgIpc) is 2.52. The molecule has 2 aliphatic heterocycles. The van der Waals surface area contributed by atoms with Crippen LogP contribution in [0.25, 0.3) is 0 Å². The highest BCUT2D eigenvalue weighted by molar-refractivity contribution is 7.98. The summed E-state index contributed by atoms with van der Waals surface area (Å²) < 4.78 is 14.4. The summed E-state index contributed by atoms with van der Waals surface area (Å²) in [6.45, 7) is 2.12. The maximum atomic E-state index is 12.8. The Morgan fingerprint density at radius 3 is 2.87 bits per heavy atom. The molecule has 1 fully saturated rings. The van der Waals surface area contributed by atoms with Gasteiger partial charge in [0.15, 0.2) is 5.82 Å². The Balaban J connectivity index is 1.42. The van der Waals surface area contributed by atoms with Crippen LogP contribution in [0, 0.1) is 11.7 Å². The summed E-state index contributed by atoms with van der Waals surface area (Å²) in [6.07, 6.45) is 3.27. The van der Waals surface area contributed by atoms with Crippen molar-refractivity contribution in [1.82, 2.24) is 19.7 Å². The molecule has 2 aromatic heterocycles. The van der Waals surface area contributed by atoms with E-state index in [9.17, 15) is 9.18 Å². The van der Waals surface area contributed by atoms with Gasteiger partial charge in [0.05, 0.1) is 24.6 Å². The third kappa shape index (κ3) is 2.95. The number of thioether (sulfide) groups is 1. The summed E-state index contributed by atoms with van der Waals surface area (Å²) in [6, 6.07) is 1.73. The van der Waals surface area contributed by atoms with Gasteiger partial charge in [-0.15, -0.1) is 0 Å². The van der Waals surface area contributed by atoms with Crippen LogP contribution in [-0.2, 0) is 18.7 Å². The zero-order valence-electron chi connectivity index (χ0n) is 12.5. The summed E-state index contributed by atoms with van der Waals surface area (Å²) in [5, 5.41) is 4.54. The highest BCUT2D eigenvalue weighted by Gasteiger charge is 2.29. The second-order valence-corrected chi connectivity index (χ2v) is 7.02. The van der Waals surface area contributed by atoms with Crippen LogP contribution >= 0.6 is 11.8 Å². The van der Waals surface area contributed by atoms with E-state index in [1.807, 2.05) is 16.7 Å². The molecule has 2 aliphatic rings. The summed E-state index contributed by atoms with van der Waals surface area (Å²) in [5.74, 6) is 2.39. The molecular formula is C15H16FN5OS. The number of fused-ring (bicyclic) bond motifs is 1. The summed E-state index contributed by atoms with van der Waals surface area (Å²) >= 11 is 1.85. The maximum Gasteiger partial charge on any atom is 0.267 e. The van der Waals surface area contributed by atoms with Gasteiger partial charge in [-0.3, -0.25) is 4.79 Å². The van der Waals surface area contributed by atoms with Gasteiger partial charge in [0, 0.05) is 37.2 Å². The van der Waals surface area contributed by atoms with Crippen molar-refractivity contribution in [2.45, 2.75) is 18.7 Å². The first-order chi connectivity index (χ1) is 11.2. The van der Waals surface area contributed by atoms with E-state index in [0.717, 1.165) is 42.3 Å². The molecule has 0 unspecified atom stereocenters. The summed E-state index contributed by atoms with van der Waals surface area (Å²) in [4.78, 5) is 22.1. The van der Waals surface area contributed by atoms with Crippen LogP contribution in [0.4, 0.5) is 10.3 Å². The lowest BCUT2D eigenvalue weighted by Gasteiger charge is -2.39. The number of hydrogen-bond acceptors (Lipinski definition) is 6. The van der Waals surface area contributed by atoms with Crippen LogP contribution in [0.3, 0.4) is 0 Å². The van der Waals surface area contributed by atoms with E-state index in [-0.39, 0.29) is 5.56 Å². The van der Waals surface area contributed by atoms with E-state index in [1.54, 1.807) is 10.7 Å². The molecule has 4 heterocycles. The van der Waals surface area contributed by atoms with E-state index >= 15 is 0 Å². The Kier molecular flexibility index (Phi) is 3.76. The predicted molar refractivity (Wildman–Crippen MR) is 86.1 cm³/mol. The van der Waals surface area contributed by atoms with Gasteiger partial charge < -0.3 is 4.90 Å². The van der Waals surface area contributed by atoms with Crippen molar-refractivity contribution in [3.8, 4) is 0 Å². The third-order valence-corrected chi connectivity index (χ3v) is 5.19. The largest absolute Gasteiger partial charge is 0.340 e. The first-order valence-electron chi connectivity index (χ1n) is 7.59. The Labute approximate surface area is 136 Å². The Hall–Kier alpha value is -1.96. The molecule has 0 spiro atoms. The van der Waals surface area contributed by atoms with Crippen LogP contribution in [0.5, 0.6) is 0 Å². The molecule has 0 saturated carbocycles. The minimum atomic E-state index is -0.436. The van der Waals surface area contributed by atoms with Crippen LogP contribution in [-0.4, -0.2) is 38.6 Å². The van der Waals surface area contributed by atoms with Gasteiger partial charge in [0.25, 0.3) is 5.56 Å². The van der Waals surface area contributed by atoms with Crippen molar-refractivity contribution < 1.29 is 4.39 Å². The van der Waals surface area contributed by atoms with Crippen molar-refractivity contribution in [2.75, 3.05) is 23.7 Å². The second kappa shape index (κ2) is 5.92. The van der Waals surface area contributed by atoms with Gasteiger partial charge in [-0.1, -0.05) is 0 Å². The Morgan fingerprint density at radius 2 is 2.09 bits per heavy atom. The number of anilines is 1. The first kappa shape index (κ1) is 14.6. The molecule has 120 valence electrons. The summed E-state index contributed by atoms with van der Waals surface area (Å²) in [7, 11) is 0. The molecular weight excluding hydrogens is 317 g/mol. The van der Waals surface area contributed by atoms with Crippen LogP contribution in [0.15, 0.2) is 23.3 Å². The molecule has 0 aromatic carbocycles. The second-order valence-electron chi connectivity index (χ2n) is 5.91. The lowest BCUT2D eigenvalue weighted by atomic mass is 10.0. The minimum absolute atomic E-state index is 0.0252. The van der Waals surface area contributed by atoms with Gasteiger partial charge in [0.1, 0.15) is 0 Å². The number of aryl methyl sites for hydroxylation is 1. The van der Waals surface area contributed by atoms with Crippen molar-refractivity contribution in [2.24, 2.45) is 5.92 Å². The minimum Gasteiger partial charge on any atom is -0.340 e. The third-order valence-electron chi connectivity index (χ3n) is 4.18. The molecule has 8 heteroatoms. The van der Waals surface area contributed by atoms with Crippen molar-refractivity contribution in [3.05, 3.63) is 45.9 Å². The molecule has 0 bridgehead atoms. The molecule has 0 radical (unpaired) electrons. The van der Waals surface area contributed by atoms with Crippen LogP contribution < -0.4 is 10.5 Å². The van der Waals surface area contributed by atoms with Gasteiger partial charge in [-0.2, -0.15) is 16.9 Å². The molecule has 2 aromatic rings. The van der Waals surface area contributed by atoms with E-state index in [2.05, 4.69) is 15.1 Å². The molecule has 6 nitrogen and oxygen atoms in total. The SMILES string of the molecule is O=c1cc2c(nn1CC1CN(c3ncc(F)cn3)C1)CCSC2. The lowest BCUT2D eigenvalue weighted by molar-refractivity contribution is 0.328. The number of rotatable bonds is 3. The molecule has 1 saturated heterocycles. The van der Waals surface area contributed by atoms with Gasteiger partial charge in [0.2, 0.25) is 5.95 Å². The van der Waals surface area contributed by atoms with Crippen LogP contribution in [0.2, 0.25) is 0 Å². The molecule has 0 aliphatic carbocycles. The highest BCUT2D eigenvalue weighted by Crippen LogP contribution is 2.23. The van der Waals surface area contributed by atoms with Crippen molar-refractivity contribution >= 4 is 17.7 Å². The maximum absolute atomic E-state index is 12.8. The fourth-order valence-corrected chi connectivity index (χ4v) is 3.90. The Morgan fingerprint density at radius 1 is 1.30 bits per heavy atom. The molecule has 0 N–H and O–H groups in total. The van der Waals surface area contributed by atoms with Gasteiger partial charge in [-0.05, 0) is 11.3 Å². The molecule has 0 amide bonds.